The van der Waals surface area contributed by atoms with Gasteiger partial charge < -0.3 is 0 Å². The Morgan fingerprint density at radius 2 is 1.83 bits per heavy atom. The summed E-state index contributed by atoms with van der Waals surface area (Å²) in [5, 5.41) is 0. The van der Waals surface area contributed by atoms with Crippen molar-refractivity contribution in [2.24, 2.45) is 0 Å². The fourth-order valence-electron chi connectivity index (χ4n) is 1.80. The van der Waals surface area contributed by atoms with E-state index in [0.29, 0.717) is 6.41 Å². The first-order valence-corrected chi connectivity index (χ1v) is 5.82. The largest absolute Gasteiger partial charge is 0.299 e. The van der Waals surface area contributed by atoms with E-state index in [0.717, 1.165) is 18.5 Å². The Bertz CT molecular complexity index is 499. The highest BCUT2D eigenvalue weighted by atomic mass is 16.1. The third kappa shape index (κ3) is 3.31. The lowest BCUT2D eigenvalue weighted by molar-refractivity contribution is -0.109. The summed E-state index contributed by atoms with van der Waals surface area (Å²) >= 11 is 0. The van der Waals surface area contributed by atoms with E-state index in [2.05, 4.69) is 21.9 Å². The Balaban J connectivity index is 2.02. The molecule has 1 amide bonds. The van der Waals surface area contributed by atoms with Gasteiger partial charge in [0, 0.05) is 12.4 Å². The highest BCUT2D eigenvalue weighted by Crippen LogP contribution is 2.16. The number of amides is 1. The Morgan fingerprint density at radius 1 is 1.06 bits per heavy atom. The second-order valence-electron chi connectivity index (χ2n) is 3.90. The van der Waals surface area contributed by atoms with Gasteiger partial charge in [-0.2, -0.15) is 0 Å². The fourth-order valence-corrected chi connectivity index (χ4v) is 1.80. The summed E-state index contributed by atoms with van der Waals surface area (Å²) in [5.41, 5.74) is 8.68. The number of para-hydroxylation sites is 1. The predicted molar refractivity (Wildman–Crippen MR) is 70.9 cm³/mol. The molecule has 92 valence electrons. The van der Waals surface area contributed by atoms with Crippen LogP contribution in [0.4, 0.5) is 5.69 Å². The van der Waals surface area contributed by atoms with Gasteiger partial charge in [-0.25, -0.2) is 0 Å². The zero-order chi connectivity index (χ0) is 12.6. The van der Waals surface area contributed by atoms with Crippen LogP contribution in [0.3, 0.4) is 0 Å². The van der Waals surface area contributed by atoms with Crippen LogP contribution in [0.15, 0.2) is 48.8 Å². The first-order chi connectivity index (χ1) is 8.90. The van der Waals surface area contributed by atoms with Gasteiger partial charge in [-0.05, 0) is 42.2 Å². The van der Waals surface area contributed by atoms with Crippen molar-refractivity contribution >= 4 is 12.1 Å². The van der Waals surface area contributed by atoms with E-state index in [1.807, 2.05) is 30.3 Å². The molecule has 0 fully saturated rings. The number of anilines is 1. The third-order valence-electron chi connectivity index (χ3n) is 2.72. The number of nitrogens with zero attached hydrogens (tertiary/aromatic N) is 1. The number of aromatic nitrogens is 1. The molecule has 0 saturated heterocycles. The second-order valence-corrected chi connectivity index (χ2v) is 3.90. The molecule has 1 heterocycles. The van der Waals surface area contributed by atoms with E-state index in [4.69, 9.17) is 0 Å². The summed E-state index contributed by atoms with van der Waals surface area (Å²) in [4.78, 5) is 14.3. The Morgan fingerprint density at radius 3 is 2.61 bits per heavy atom. The zero-order valence-electron chi connectivity index (χ0n) is 9.97. The molecule has 1 aromatic heterocycles. The van der Waals surface area contributed by atoms with Crippen molar-refractivity contribution in [1.82, 2.24) is 10.4 Å². The molecular weight excluding hydrogens is 226 g/mol. The molecule has 0 spiro atoms. The number of benzene rings is 1. The van der Waals surface area contributed by atoms with Crippen LogP contribution in [0.5, 0.6) is 0 Å². The van der Waals surface area contributed by atoms with Crippen molar-refractivity contribution < 1.29 is 4.79 Å². The molecule has 4 nitrogen and oxygen atoms in total. The van der Waals surface area contributed by atoms with Crippen LogP contribution < -0.4 is 10.9 Å². The number of hydrogen-bond donors (Lipinski definition) is 2. The minimum Gasteiger partial charge on any atom is -0.299 e. The highest BCUT2D eigenvalue weighted by molar-refractivity contribution is 5.56. The molecule has 0 unspecified atom stereocenters. The number of carbonyl (C=O) groups is 1. The number of hydrogen-bond acceptors (Lipinski definition) is 3. The number of nitrogens with one attached hydrogen (secondary N) is 2. The summed E-state index contributed by atoms with van der Waals surface area (Å²) in [6.07, 6.45) is 6.08. The Hall–Kier alpha value is -2.36. The number of carbonyl (C=O) groups excluding carboxylic acids is 1. The van der Waals surface area contributed by atoms with E-state index in [1.165, 1.54) is 11.1 Å². The first-order valence-electron chi connectivity index (χ1n) is 5.82. The van der Waals surface area contributed by atoms with Gasteiger partial charge in [0.2, 0.25) is 6.41 Å². The van der Waals surface area contributed by atoms with Crippen LogP contribution in [0.2, 0.25) is 0 Å². The Kier molecular flexibility index (Phi) is 4.30. The maximum absolute atomic E-state index is 10.3. The van der Waals surface area contributed by atoms with Gasteiger partial charge in [0.15, 0.2) is 0 Å². The van der Waals surface area contributed by atoms with Crippen molar-refractivity contribution in [3.63, 3.8) is 0 Å². The maximum Gasteiger partial charge on any atom is 0.225 e. The summed E-state index contributed by atoms with van der Waals surface area (Å²) in [6, 6.07) is 12.0. The first kappa shape index (κ1) is 12.1. The topological polar surface area (TPSA) is 54.0 Å². The molecule has 0 aliphatic heterocycles. The van der Waals surface area contributed by atoms with E-state index in [9.17, 15) is 4.79 Å². The van der Waals surface area contributed by atoms with E-state index >= 15 is 0 Å². The van der Waals surface area contributed by atoms with Crippen LogP contribution in [-0.2, 0) is 17.6 Å². The second kappa shape index (κ2) is 6.39. The number of rotatable bonds is 6. The van der Waals surface area contributed by atoms with Crippen molar-refractivity contribution in [3.8, 4) is 0 Å². The SMILES string of the molecule is O=CNNc1ccccc1CCc1ccncc1. The lowest BCUT2D eigenvalue weighted by Crippen LogP contribution is -2.20. The molecule has 0 atom stereocenters. The van der Waals surface area contributed by atoms with Crippen LogP contribution in [-0.4, -0.2) is 11.4 Å². The summed E-state index contributed by atoms with van der Waals surface area (Å²) in [6.45, 7) is 0. The lowest BCUT2D eigenvalue weighted by atomic mass is 10.0. The van der Waals surface area contributed by atoms with Crippen molar-refractivity contribution in [2.75, 3.05) is 5.43 Å². The van der Waals surface area contributed by atoms with E-state index in [-0.39, 0.29) is 0 Å². The molecule has 1 aromatic carbocycles. The fraction of sp³-hybridized carbons (Fsp3) is 0.143. The van der Waals surface area contributed by atoms with Gasteiger partial charge in [-0.15, -0.1) is 0 Å². The smallest absolute Gasteiger partial charge is 0.225 e. The summed E-state index contributed by atoms with van der Waals surface area (Å²) in [7, 11) is 0. The molecule has 18 heavy (non-hydrogen) atoms. The maximum atomic E-state index is 10.3. The minimum absolute atomic E-state index is 0.625. The summed E-state index contributed by atoms with van der Waals surface area (Å²) < 4.78 is 0. The molecule has 2 rings (SSSR count). The van der Waals surface area contributed by atoms with E-state index < -0.39 is 0 Å². The molecule has 4 heteroatoms. The molecule has 0 aliphatic carbocycles. The number of hydrazine groups is 1. The standard InChI is InChI=1S/C14H15N3O/c18-11-16-17-14-4-2-1-3-13(14)6-5-12-7-9-15-10-8-12/h1-4,7-11,17H,5-6H2,(H,16,18). The molecule has 0 bridgehead atoms. The summed E-state index contributed by atoms with van der Waals surface area (Å²) in [5.74, 6) is 0. The average molecular weight is 241 g/mol. The lowest BCUT2D eigenvalue weighted by Gasteiger charge is -2.10. The van der Waals surface area contributed by atoms with Crippen LogP contribution in [0.1, 0.15) is 11.1 Å². The van der Waals surface area contributed by atoms with Crippen LogP contribution in [0.25, 0.3) is 0 Å². The quantitative estimate of drug-likeness (QED) is 0.600. The van der Waals surface area contributed by atoms with Crippen LogP contribution >= 0.6 is 0 Å². The van der Waals surface area contributed by atoms with Crippen molar-refractivity contribution in [2.45, 2.75) is 12.8 Å². The van der Waals surface area contributed by atoms with E-state index in [1.54, 1.807) is 12.4 Å². The monoisotopic (exact) mass is 241 g/mol. The van der Waals surface area contributed by atoms with Gasteiger partial charge in [-0.1, -0.05) is 18.2 Å². The van der Waals surface area contributed by atoms with Gasteiger partial charge in [0.05, 0.1) is 5.69 Å². The third-order valence-corrected chi connectivity index (χ3v) is 2.72. The molecule has 2 aromatic rings. The minimum atomic E-state index is 0.625. The highest BCUT2D eigenvalue weighted by Gasteiger charge is 2.01. The number of aryl methyl sites for hydroxylation is 2. The van der Waals surface area contributed by atoms with Crippen molar-refractivity contribution in [3.05, 3.63) is 59.9 Å². The van der Waals surface area contributed by atoms with Crippen LogP contribution in [0, 0.1) is 0 Å². The van der Waals surface area contributed by atoms with Gasteiger partial charge in [0.25, 0.3) is 0 Å². The molecular formula is C14H15N3O. The van der Waals surface area contributed by atoms with Gasteiger partial charge in [-0.3, -0.25) is 20.6 Å². The average Bonchev–Trinajstić information content (AvgIpc) is 2.45. The Labute approximate surface area is 106 Å². The predicted octanol–water partition coefficient (Wildman–Crippen LogP) is 1.94. The van der Waals surface area contributed by atoms with Gasteiger partial charge in [0.1, 0.15) is 0 Å². The molecule has 2 N–H and O–H groups in total. The number of pyridine rings is 1. The molecule has 0 radical (unpaired) electrons. The zero-order valence-corrected chi connectivity index (χ0v) is 9.97. The molecule has 0 saturated carbocycles. The van der Waals surface area contributed by atoms with Gasteiger partial charge >= 0.3 is 0 Å². The normalized spacial score (nSPS) is 9.78. The van der Waals surface area contributed by atoms with Crippen molar-refractivity contribution in [1.29, 1.82) is 0 Å². The molecule has 0 aliphatic rings.